The van der Waals surface area contributed by atoms with Crippen molar-refractivity contribution >= 4 is 28.1 Å². The lowest BCUT2D eigenvalue weighted by Crippen LogP contribution is -2.25. The lowest BCUT2D eigenvalue weighted by molar-refractivity contribution is 0.0949. The van der Waals surface area contributed by atoms with Gasteiger partial charge in [0.1, 0.15) is 5.69 Å². The fraction of sp³-hybridized carbons (Fsp3) is 0.158. The normalized spacial score (nSPS) is 11.1. The molecule has 1 aromatic carbocycles. The number of hydrogen-bond acceptors (Lipinski definition) is 3. The zero-order valence-electron chi connectivity index (χ0n) is 13.8. The Bertz CT molecular complexity index is 1010. The summed E-state index contributed by atoms with van der Waals surface area (Å²) in [6.45, 7) is 0.583. The van der Waals surface area contributed by atoms with Crippen molar-refractivity contribution < 1.29 is 4.79 Å². The molecule has 0 radical (unpaired) electrons. The molecule has 3 heterocycles. The first-order chi connectivity index (χ1) is 12.2. The van der Waals surface area contributed by atoms with Gasteiger partial charge in [0, 0.05) is 41.6 Å². The molecule has 0 aliphatic carbocycles. The summed E-state index contributed by atoms with van der Waals surface area (Å²) in [6, 6.07) is 12.1. The predicted molar refractivity (Wildman–Crippen MR) is 101 cm³/mol. The zero-order chi connectivity index (χ0) is 17.2. The first-order valence-electron chi connectivity index (χ1n) is 8.11. The molecule has 126 valence electrons. The number of para-hydroxylation sites is 1. The third-order valence-corrected chi connectivity index (χ3v) is 4.98. The second-order valence-electron chi connectivity index (χ2n) is 5.97. The molecule has 0 saturated carbocycles. The summed E-state index contributed by atoms with van der Waals surface area (Å²) in [6.07, 6.45) is 2.92. The lowest BCUT2D eigenvalue weighted by Gasteiger charge is -2.02. The lowest BCUT2D eigenvalue weighted by atomic mass is 10.1. The molecule has 0 unspecified atom stereocenters. The van der Waals surface area contributed by atoms with Crippen LogP contribution in [-0.4, -0.2) is 27.2 Å². The van der Waals surface area contributed by atoms with E-state index >= 15 is 0 Å². The monoisotopic (exact) mass is 350 g/mol. The van der Waals surface area contributed by atoms with Crippen molar-refractivity contribution in [2.24, 2.45) is 7.05 Å². The minimum absolute atomic E-state index is 0.130. The molecule has 0 aliphatic heterocycles. The largest absolute Gasteiger partial charge is 0.350 e. The molecule has 4 aromatic rings. The van der Waals surface area contributed by atoms with E-state index in [-0.39, 0.29) is 5.91 Å². The van der Waals surface area contributed by atoms with Crippen LogP contribution in [0, 0.1) is 0 Å². The molecule has 0 fully saturated rings. The fourth-order valence-corrected chi connectivity index (χ4v) is 3.68. The standard InChI is InChI=1S/C19H18N4OS/c1-23-11-13(15-4-2-3-5-18(15)23)6-8-20-19(24)17-10-16(21-22-17)14-7-9-25-12-14/h2-5,7,9-12H,6,8H2,1H3,(H,20,24)(H,21,22). The number of H-pyrrole nitrogens is 1. The molecule has 0 bridgehead atoms. The molecule has 5 nitrogen and oxygen atoms in total. The minimum atomic E-state index is -0.130. The highest BCUT2D eigenvalue weighted by Crippen LogP contribution is 2.21. The Hall–Kier alpha value is -2.86. The van der Waals surface area contributed by atoms with Gasteiger partial charge in [-0.2, -0.15) is 16.4 Å². The van der Waals surface area contributed by atoms with Crippen LogP contribution in [0.1, 0.15) is 16.1 Å². The molecule has 1 amide bonds. The van der Waals surface area contributed by atoms with Crippen molar-refractivity contribution in [3.63, 3.8) is 0 Å². The molecule has 4 rings (SSSR count). The first kappa shape index (κ1) is 15.7. The van der Waals surface area contributed by atoms with Gasteiger partial charge in [-0.05, 0) is 35.6 Å². The van der Waals surface area contributed by atoms with E-state index in [4.69, 9.17) is 0 Å². The molecular formula is C19H18N4OS. The van der Waals surface area contributed by atoms with Crippen molar-refractivity contribution in [2.45, 2.75) is 6.42 Å². The van der Waals surface area contributed by atoms with Gasteiger partial charge in [-0.15, -0.1) is 0 Å². The maximum Gasteiger partial charge on any atom is 0.269 e. The molecule has 0 atom stereocenters. The number of aromatic amines is 1. The Labute approximate surface area is 149 Å². The second-order valence-corrected chi connectivity index (χ2v) is 6.75. The molecular weight excluding hydrogens is 332 g/mol. The van der Waals surface area contributed by atoms with E-state index in [1.165, 1.54) is 16.5 Å². The average Bonchev–Trinajstić information content (AvgIpc) is 3.35. The zero-order valence-corrected chi connectivity index (χ0v) is 14.6. The number of fused-ring (bicyclic) bond motifs is 1. The van der Waals surface area contributed by atoms with Crippen LogP contribution in [0.4, 0.5) is 0 Å². The Morgan fingerprint density at radius 3 is 3.04 bits per heavy atom. The third-order valence-electron chi connectivity index (χ3n) is 4.30. The summed E-state index contributed by atoms with van der Waals surface area (Å²) in [4.78, 5) is 12.3. The minimum Gasteiger partial charge on any atom is -0.350 e. The number of aromatic nitrogens is 3. The maximum absolute atomic E-state index is 12.3. The maximum atomic E-state index is 12.3. The van der Waals surface area contributed by atoms with Gasteiger partial charge in [-0.25, -0.2) is 0 Å². The molecule has 0 saturated heterocycles. The highest BCUT2D eigenvalue weighted by molar-refractivity contribution is 7.08. The molecule has 0 aliphatic rings. The summed E-state index contributed by atoms with van der Waals surface area (Å²) in [5.41, 5.74) is 4.75. The van der Waals surface area contributed by atoms with E-state index in [2.05, 4.69) is 38.4 Å². The molecule has 2 N–H and O–H groups in total. The van der Waals surface area contributed by atoms with Crippen LogP contribution in [0.15, 0.2) is 53.4 Å². The van der Waals surface area contributed by atoms with Crippen LogP contribution in [0.25, 0.3) is 22.2 Å². The number of benzene rings is 1. The number of aryl methyl sites for hydroxylation is 1. The van der Waals surface area contributed by atoms with E-state index in [0.717, 1.165) is 17.7 Å². The van der Waals surface area contributed by atoms with Crippen molar-refractivity contribution in [1.82, 2.24) is 20.1 Å². The van der Waals surface area contributed by atoms with Crippen molar-refractivity contribution in [2.75, 3.05) is 6.54 Å². The van der Waals surface area contributed by atoms with Gasteiger partial charge in [-0.1, -0.05) is 18.2 Å². The van der Waals surface area contributed by atoms with Crippen LogP contribution < -0.4 is 5.32 Å². The molecule has 6 heteroatoms. The highest BCUT2D eigenvalue weighted by Gasteiger charge is 2.11. The van der Waals surface area contributed by atoms with E-state index < -0.39 is 0 Å². The number of nitrogens with zero attached hydrogens (tertiary/aromatic N) is 2. The number of rotatable bonds is 5. The van der Waals surface area contributed by atoms with E-state index in [0.29, 0.717) is 12.2 Å². The number of carbonyl (C=O) groups excluding carboxylic acids is 1. The first-order valence-corrected chi connectivity index (χ1v) is 9.06. The Morgan fingerprint density at radius 1 is 1.32 bits per heavy atom. The highest BCUT2D eigenvalue weighted by atomic mass is 32.1. The van der Waals surface area contributed by atoms with Gasteiger partial charge in [-0.3, -0.25) is 9.89 Å². The van der Waals surface area contributed by atoms with E-state index in [1.54, 1.807) is 17.4 Å². The fourth-order valence-electron chi connectivity index (χ4n) is 3.03. The van der Waals surface area contributed by atoms with Crippen molar-refractivity contribution in [1.29, 1.82) is 0 Å². The number of amides is 1. The second kappa shape index (κ2) is 6.57. The van der Waals surface area contributed by atoms with E-state index in [9.17, 15) is 4.79 Å². The summed E-state index contributed by atoms with van der Waals surface area (Å²) in [7, 11) is 2.04. The summed E-state index contributed by atoms with van der Waals surface area (Å²) in [5, 5.41) is 15.2. The number of hydrogen-bond donors (Lipinski definition) is 2. The number of carbonyl (C=O) groups is 1. The van der Waals surface area contributed by atoms with Gasteiger partial charge in [0.25, 0.3) is 5.91 Å². The van der Waals surface area contributed by atoms with Gasteiger partial charge in [0.05, 0.1) is 5.69 Å². The smallest absolute Gasteiger partial charge is 0.269 e. The van der Waals surface area contributed by atoms with Gasteiger partial charge in [0.2, 0.25) is 0 Å². The Morgan fingerprint density at radius 2 is 2.20 bits per heavy atom. The van der Waals surface area contributed by atoms with Crippen LogP contribution >= 0.6 is 11.3 Å². The van der Waals surface area contributed by atoms with Gasteiger partial charge >= 0.3 is 0 Å². The topological polar surface area (TPSA) is 62.7 Å². The van der Waals surface area contributed by atoms with Crippen LogP contribution in [-0.2, 0) is 13.5 Å². The van der Waals surface area contributed by atoms with Crippen molar-refractivity contribution in [3.05, 3.63) is 64.6 Å². The Kier molecular flexibility index (Phi) is 4.11. The van der Waals surface area contributed by atoms with E-state index in [1.807, 2.05) is 36.0 Å². The van der Waals surface area contributed by atoms with Crippen LogP contribution in [0.2, 0.25) is 0 Å². The third kappa shape index (κ3) is 3.08. The summed E-state index contributed by atoms with van der Waals surface area (Å²) >= 11 is 1.61. The molecule has 0 spiro atoms. The van der Waals surface area contributed by atoms with Gasteiger partial charge in [0.15, 0.2) is 0 Å². The van der Waals surface area contributed by atoms with Crippen LogP contribution in [0.5, 0.6) is 0 Å². The summed E-state index contributed by atoms with van der Waals surface area (Å²) < 4.78 is 2.12. The number of nitrogens with one attached hydrogen (secondary N) is 2. The summed E-state index contributed by atoms with van der Waals surface area (Å²) in [5.74, 6) is -0.130. The predicted octanol–water partition coefficient (Wildman–Crippen LogP) is 3.60. The van der Waals surface area contributed by atoms with Crippen molar-refractivity contribution in [3.8, 4) is 11.3 Å². The molecule has 3 aromatic heterocycles. The van der Waals surface area contributed by atoms with Gasteiger partial charge < -0.3 is 9.88 Å². The number of thiophene rings is 1. The quantitative estimate of drug-likeness (QED) is 0.578. The Balaban J connectivity index is 1.40. The SMILES string of the molecule is Cn1cc(CCNC(=O)c2cc(-c3ccsc3)n[nH]2)c2ccccc21. The van der Waals surface area contributed by atoms with Crippen LogP contribution in [0.3, 0.4) is 0 Å². The molecule has 25 heavy (non-hydrogen) atoms. The average molecular weight is 350 g/mol.